The molecule has 0 aliphatic rings. The molecule has 0 aromatic heterocycles. The van der Waals surface area contributed by atoms with Crippen molar-refractivity contribution in [3.05, 3.63) is 44.6 Å². The van der Waals surface area contributed by atoms with Crippen LogP contribution in [0.4, 0.5) is 11.4 Å². The number of allylic oxidation sites excluding steroid dienone is 2. The van der Waals surface area contributed by atoms with E-state index in [0.717, 1.165) is 12.1 Å². The van der Waals surface area contributed by atoms with Gasteiger partial charge in [0.2, 0.25) is 0 Å². The maximum atomic E-state index is 11.2. The Hall–Kier alpha value is -3.90. The third kappa shape index (κ3) is 3.16. The average Bonchev–Trinajstić information content (AvgIpc) is 2.47. The number of nitro groups is 1. The minimum Gasteiger partial charge on any atom is -0.478 e. The lowest BCUT2D eigenvalue weighted by molar-refractivity contribution is -0.384. The molecule has 0 saturated carbocycles. The van der Waals surface area contributed by atoms with Gasteiger partial charge in [-0.15, -0.1) is 0 Å². The first-order valence-corrected chi connectivity index (χ1v) is 5.59. The molecule has 0 atom stereocenters. The fourth-order valence-electron chi connectivity index (χ4n) is 1.62. The number of nitriles is 3. The molecule has 0 unspecified atom stereocenters. The lowest BCUT2D eigenvalue weighted by atomic mass is 10.1. The van der Waals surface area contributed by atoms with E-state index in [1.807, 2.05) is 0 Å². The Kier molecular flexibility index (Phi) is 4.78. The molecule has 0 bridgehead atoms. The molecule has 0 aliphatic heterocycles. The van der Waals surface area contributed by atoms with Crippen molar-refractivity contribution >= 4 is 17.3 Å². The number of carboxylic acids is 1. The van der Waals surface area contributed by atoms with Crippen molar-refractivity contribution in [2.75, 3.05) is 5.32 Å². The first kappa shape index (κ1) is 16.2. The molecule has 1 aromatic rings. The second-order valence-corrected chi connectivity index (χ2v) is 3.96. The standard InChI is InChI=1S/C13H7N5O4/c1-7-2-9(18(21)22)3-10(13(19)20)12(7)17-11(6-16)8(4-14)5-15/h2-3,17H,1H3,(H,19,20). The highest BCUT2D eigenvalue weighted by molar-refractivity contribution is 5.96. The molecule has 1 aromatic carbocycles. The summed E-state index contributed by atoms with van der Waals surface area (Å²) in [6.45, 7) is 1.40. The second kappa shape index (κ2) is 6.51. The molecule has 0 aliphatic carbocycles. The van der Waals surface area contributed by atoms with Crippen LogP contribution in [0, 0.1) is 51.0 Å². The Morgan fingerprint density at radius 1 is 1.27 bits per heavy atom. The van der Waals surface area contributed by atoms with Crippen LogP contribution in [-0.2, 0) is 0 Å². The Morgan fingerprint density at radius 3 is 2.27 bits per heavy atom. The smallest absolute Gasteiger partial charge is 0.338 e. The molecular weight excluding hydrogens is 290 g/mol. The molecular formula is C13H7N5O4. The maximum Gasteiger partial charge on any atom is 0.338 e. The van der Waals surface area contributed by atoms with Crippen molar-refractivity contribution < 1.29 is 14.8 Å². The minimum absolute atomic E-state index is 0.0994. The number of non-ortho nitro benzene ring substituents is 1. The summed E-state index contributed by atoms with van der Waals surface area (Å²) in [7, 11) is 0. The highest BCUT2D eigenvalue weighted by Gasteiger charge is 2.20. The van der Waals surface area contributed by atoms with Crippen molar-refractivity contribution in [1.29, 1.82) is 15.8 Å². The third-order valence-corrected chi connectivity index (χ3v) is 2.60. The molecule has 0 saturated heterocycles. The van der Waals surface area contributed by atoms with E-state index in [-0.39, 0.29) is 11.3 Å². The Morgan fingerprint density at radius 2 is 1.86 bits per heavy atom. The number of carbonyl (C=O) groups is 1. The van der Waals surface area contributed by atoms with Crippen LogP contribution in [-0.4, -0.2) is 16.0 Å². The zero-order valence-corrected chi connectivity index (χ0v) is 11.1. The van der Waals surface area contributed by atoms with Crippen LogP contribution < -0.4 is 5.32 Å². The van der Waals surface area contributed by atoms with E-state index in [1.165, 1.54) is 19.1 Å². The highest BCUT2D eigenvalue weighted by atomic mass is 16.6. The number of rotatable bonds is 4. The normalized spacial score (nSPS) is 8.82. The van der Waals surface area contributed by atoms with Crippen molar-refractivity contribution in [2.24, 2.45) is 0 Å². The molecule has 1 rings (SSSR count). The van der Waals surface area contributed by atoms with Gasteiger partial charge in [0, 0.05) is 12.1 Å². The van der Waals surface area contributed by atoms with Crippen molar-refractivity contribution in [1.82, 2.24) is 0 Å². The number of carboxylic acid groups (broad SMARTS) is 1. The molecule has 0 fully saturated rings. The maximum absolute atomic E-state index is 11.2. The first-order chi connectivity index (χ1) is 10.3. The van der Waals surface area contributed by atoms with Gasteiger partial charge in [-0.25, -0.2) is 4.79 Å². The van der Waals surface area contributed by atoms with E-state index in [1.54, 1.807) is 6.07 Å². The van der Waals surface area contributed by atoms with Gasteiger partial charge in [0.1, 0.15) is 23.9 Å². The van der Waals surface area contributed by atoms with Gasteiger partial charge >= 0.3 is 5.97 Å². The van der Waals surface area contributed by atoms with Gasteiger partial charge in [-0.3, -0.25) is 10.1 Å². The highest BCUT2D eigenvalue weighted by Crippen LogP contribution is 2.28. The van der Waals surface area contributed by atoms with Gasteiger partial charge in [-0.1, -0.05) is 0 Å². The van der Waals surface area contributed by atoms with Crippen LogP contribution >= 0.6 is 0 Å². The van der Waals surface area contributed by atoms with Crippen LogP contribution in [0.15, 0.2) is 23.4 Å². The molecule has 0 heterocycles. The number of nitrogens with one attached hydrogen (secondary N) is 1. The summed E-state index contributed by atoms with van der Waals surface area (Å²) in [6, 6.07) is 6.51. The predicted molar refractivity (Wildman–Crippen MR) is 72.3 cm³/mol. The van der Waals surface area contributed by atoms with Gasteiger partial charge in [0.25, 0.3) is 5.69 Å². The number of nitro benzene ring substituents is 1. The monoisotopic (exact) mass is 297 g/mol. The largest absolute Gasteiger partial charge is 0.478 e. The quantitative estimate of drug-likeness (QED) is 0.482. The van der Waals surface area contributed by atoms with Crippen LogP contribution in [0.25, 0.3) is 0 Å². The van der Waals surface area contributed by atoms with Crippen molar-refractivity contribution in [3.8, 4) is 18.2 Å². The molecule has 9 heteroatoms. The van der Waals surface area contributed by atoms with E-state index in [4.69, 9.17) is 20.9 Å². The average molecular weight is 297 g/mol. The summed E-state index contributed by atoms with van der Waals surface area (Å²) in [5.41, 5.74) is -1.77. The number of aromatic carboxylic acids is 1. The summed E-state index contributed by atoms with van der Waals surface area (Å²) in [4.78, 5) is 21.2. The number of hydrogen-bond acceptors (Lipinski definition) is 7. The van der Waals surface area contributed by atoms with Gasteiger partial charge in [0.15, 0.2) is 5.57 Å². The van der Waals surface area contributed by atoms with E-state index in [9.17, 15) is 14.9 Å². The summed E-state index contributed by atoms with van der Waals surface area (Å²) in [5, 5.41) is 48.7. The molecule has 2 N–H and O–H groups in total. The minimum atomic E-state index is -1.46. The van der Waals surface area contributed by atoms with Gasteiger partial charge in [-0.2, -0.15) is 15.8 Å². The Labute approximate surface area is 124 Å². The fourth-order valence-corrected chi connectivity index (χ4v) is 1.62. The SMILES string of the molecule is Cc1cc([N+](=O)[O-])cc(C(=O)O)c1NC(C#N)=C(C#N)C#N. The zero-order valence-electron chi connectivity index (χ0n) is 11.1. The van der Waals surface area contributed by atoms with Crippen LogP contribution in [0.3, 0.4) is 0 Å². The van der Waals surface area contributed by atoms with Crippen LogP contribution in [0.1, 0.15) is 15.9 Å². The predicted octanol–water partition coefficient (Wildman–Crippen LogP) is 1.84. The number of nitrogens with zero attached hydrogens (tertiary/aromatic N) is 4. The molecule has 0 spiro atoms. The molecule has 0 radical (unpaired) electrons. The van der Waals surface area contributed by atoms with Crippen LogP contribution in [0.2, 0.25) is 0 Å². The lowest BCUT2D eigenvalue weighted by Crippen LogP contribution is -2.09. The zero-order chi connectivity index (χ0) is 16.9. The molecule has 22 heavy (non-hydrogen) atoms. The summed E-state index contributed by atoms with van der Waals surface area (Å²) in [5.74, 6) is -1.46. The Bertz CT molecular complexity index is 805. The first-order valence-electron chi connectivity index (χ1n) is 5.59. The second-order valence-electron chi connectivity index (χ2n) is 3.96. The topological polar surface area (TPSA) is 164 Å². The number of aryl methyl sites for hydroxylation is 1. The molecule has 9 nitrogen and oxygen atoms in total. The van der Waals surface area contributed by atoms with Gasteiger partial charge in [0.05, 0.1) is 16.2 Å². The molecule has 0 amide bonds. The summed E-state index contributed by atoms with van der Waals surface area (Å²) in [6.07, 6.45) is 0. The van der Waals surface area contributed by atoms with E-state index in [0.29, 0.717) is 0 Å². The number of benzene rings is 1. The van der Waals surface area contributed by atoms with Gasteiger partial charge < -0.3 is 10.4 Å². The van der Waals surface area contributed by atoms with E-state index in [2.05, 4.69) is 5.32 Å². The van der Waals surface area contributed by atoms with E-state index < -0.39 is 33.4 Å². The van der Waals surface area contributed by atoms with Gasteiger partial charge in [-0.05, 0) is 12.5 Å². The van der Waals surface area contributed by atoms with Crippen molar-refractivity contribution in [3.63, 3.8) is 0 Å². The summed E-state index contributed by atoms with van der Waals surface area (Å²) < 4.78 is 0. The number of hydrogen-bond donors (Lipinski definition) is 2. The fraction of sp³-hybridized carbons (Fsp3) is 0.0769. The number of anilines is 1. The molecule has 108 valence electrons. The third-order valence-electron chi connectivity index (χ3n) is 2.60. The van der Waals surface area contributed by atoms with Crippen LogP contribution in [0.5, 0.6) is 0 Å². The Balaban J connectivity index is 3.57. The van der Waals surface area contributed by atoms with E-state index >= 15 is 0 Å². The van der Waals surface area contributed by atoms with Crippen molar-refractivity contribution in [2.45, 2.75) is 6.92 Å². The lowest BCUT2D eigenvalue weighted by Gasteiger charge is -2.11. The summed E-state index contributed by atoms with van der Waals surface area (Å²) >= 11 is 0.